The molecule has 0 aliphatic rings. The molecule has 1 atom stereocenters. The predicted molar refractivity (Wildman–Crippen MR) is 132 cm³/mol. The predicted octanol–water partition coefficient (Wildman–Crippen LogP) is 5.52. The van der Waals surface area contributed by atoms with Gasteiger partial charge in [0, 0.05) is 29.9 Å². The maximum absolute atomic E-state index is 13.7. The Labute approximate surface area is 198 Å². The summed E-state index contributed by atoms with van der Waals surface area (Å²) >= 11 is 3.50. The minimum Gasteiger partial charge on any atom is -0.355 e. The van der Waals surface area contributed by atoms with Gasteiger partial charge < -0.3 is 10.2 Å². The average Bonchev–Trinajstić information content (AvgIpc) is 2.81. The first-order valence-corrected chi connectivity index (χ1v) is 11.7. The third kappa shape index (κ3) is 6.30. The Morgan fingerprint density at radius 3 is 2.03 bits per heavy atom. The fourth-order valence-electron chi connectivity index (χ4n) is 3.83. The Morgan fingerprint density at radius 2 is 1.50 bits per heavy atom. The first-order chi connectivity index (χ1) is 15.5. The van der Waals surface area contributed by atoms with Gasteiger partial charge in [-0.05, 0) is 42.7 Å². The third-order valence-corrected chi connectivity index (χ3v) is 6.04. The number of amides is 2. The van der Waals surface area contributed by atoms with Crippen LogP contribution in [0.4, 0.5) is 0 Å². The van der Waals surface area contributed by atoms with Gasteiger partial charge in [0.25, 0.3) is 0 Å². The number of rotatable bonds is 9. The molecule has 0 aliphatic heterocycles. The van der Waals surface area contributed by atoms with Gasteiger partial charge in [0.2, 0.25) is 11.8 Å². The normalized spacial score (nSPS) is 11.8. The van der Waals surface area contributed by atoms with Gasteiger partial charge in [-0.3, -0.25) is 9.59 Å². The standard InChI is InChI=1S/C27H29BrN2O2/c1-3-29-27(32)20(2)30(19-21-11-10-16-24(28)17-21)26(31)18-25(22-12-6-4-7-13-22)23-14-8-5-9-15-23/h4-17,20,25H,3,18-19H2,1-2H3,(H,29,32). The molecule has 3 aromatic rings. The number of benzene rings is 3. The molecule has 166 valence electrons. The van der Waals surface area contributed by atoms with E-state index in [1.807, 2.05) is 67.6 Å². The molecule has 0 bridgehead atoms. The Bertz CT molecular complexity index is 985. The summed E-state index contributed by atoms with van der Waals surface area (Å²) in [5, 5.41) is 2.85. The van der Waals surface area contributed by atoms with Crippen molar-refractivity contribution in [1.29, 1.82) is 0 Å². The second kappa shape index (κ2) is 11.6. The van der Waals surface area contributed by atoms with Gasteiger partial charge in [-0.15, -0.1) is 0 Å². The summed E-state index contributed by atoms with van der Waals surface area (Å²) in [4.78, 5) is 28.0. The van der Waals surface area contributed by atoms with E-state index in [-0.39, 0.29) is 24.2 Å². The number of likely N-dealkylation sites (N-methyl/N-ethyl adjacent to an activating group) is 1. The number of hydrogen-bond acceptors (Lipinski definition) is 2. The second-order valence-corrected chi connectivity index (χ2v) is 8.72. The monoisotopic (exact) mass is 492 g/mol. The van der Waals surface area contributed by atoms with Crippen LogP contribution in [0.1, 0.15) is 42.9 Å². The van der Waals surface area contributed by atoms with E-state index in [1.165, 1.54) is 0 Å². The zero-order chi connectivity index (χ0) is 22.9. The topological polar surface area (TPSA) is 49.4 Å². The van der Waals surface area contributed by atoms with Crippen molar-refractivity contribution in [3.8, 4) is 0 Å². The van der Waals surface area contributed by atoms with Crippen LogP contribution in [-0.4, -0.2) is 29.3 Å². The van der Waals surface area contributed by atoms with Crippen molar-refractivity contribution in [2.45, 2.75) is 38.8 Å². The Balaban J connectivity index is 1.91. The quantitative estimate of drug-likeness (QED) is 0.427. The highest BCUT2D eigenvalue weighted by Crippen LogP contribution is 2.29. The number of halogens is 1. The summed E-state index contributed by atoms with van der Waals surface area (Å²) in [6.07, 6.45) is 0.284. The molecule has 0 heterocycles. The smallest absolute Gasteiger partial charge is 0.242 e. The van der Waals surface area contributed by atoms with Crippen LogP contribution in [0.2, 0.25) is 0 Å². The number of nitrogens with one attached hydrogen (secondary N) is 1. The highest BCUT2D eigenvalue weighted by molar-refractivity contribution is 9.10. The van der Waals surface area contributed by atoms with Gasteiger partial charge in [0.05, 0.1) is 0 Å². The summed E-state index contributed by atoms with van der Waals surface area (Å²) in [5.74, 6) is -0.287. The van der Waals surface area contributed by atoms with Gasteiger partial charge in [-0.1, -0.05) is 88.7 Å². The Morgan fingerprint density at radius 1 is 0.906 bits per heavy atom. The van der Waals surface area contributed by atoms with E-state index in [0.29, 0.717) is 13.1 Å². The molecule has 4 nitrogen and oxygen atoms in total. The first kappa shape index (κ1) is 23.7. The lowest BCUT2D eigenvalue weighted by atomic mass is 9.88. The molecule has 0 spiro atoms. The molecule has 5 heteroatoms. The van der Waals surface area contributed by atoms with E-state index in [2.05, 4.69) is 45.5 Å². The molecule has 1 unspecified atom stereocenters. The van der Waals surface area contributed by atoms with Gasteiger partial charge >= 0.3 is 0 Å². The zero-order valence-electron chi connectivity index (χ0n) is 18.5. The van der Waals surface area contributed by atoms with Crippen LogP contribution >= 0.6 is 15.9 Å². The number of nitrogens with zero attached hydrogens (tertiary/aromatic N) is 1. The summed E-state index contributed by atoms with van der Waals surface area (Å²) in [5.41, 5.74) is 3.14. The average molecular weight is 493 g/mol. The molecule has 0 aromatic heterocycles. The highest BCUT2D eigenvalue weighted by Gasteiger charge is 2.28. The lowest BCUT2D eigenvalue weighted by molar-refractivity contribution is -0.140. The maximum Gasteiger partial charge on any atom is 0.242 e. The van der Waals surface area contributed by atoms with Crippen molar-refractivity contribution >= 4 is 27.7 Å². The minimum absolute atomic E-state index is 0.0542. The van der Waals surface area contributed by atoms with E-state index in [1.54, 1.807) is 11.8 Å². The van der Waals surface area contributed by atoms with Crippen molar-refractivity contribution in [3.63, 3.8) is 0 Å². The zero-order valence-corrected chi connectivity index (χ0v) is 20.1. The van der Waals surface area contributed by atoms with Gasteiger partial charge in [-0.2, -0.15) is 0 Å². The molecule has 2 amide bonds. The summed E-state index contributed by atoms with van der Waals surface area (Å²) in [7, 11) is 0. The van der Waals surface area contributed by atoms with Crippen LogP contribution in [0.25, 0.3) is 0 Å². The van der Waals surface area contributed by atoms with E-state index in [4.69, 9.17) is 0 Å². The lowest BCUT2D eigenvalue weighted by Crippen LogP contribution is -2.47. The molecule has 1 N–H and O–H groups in total. The highest BCUT2D eigenvalue weighted by atomic mass is 79.9. The second-order valence-electron chi connectivity index (χ2n) is 7.80. The SMILES string of the molecule is CCNC(=O)C(C)N(Cc1cccc(Br)c1)C(=O)CC(c1ccccc1)c1ccccc1. The molecule has 0 radical (unpaired) electrons. The number of carbonyl (C=O) groups is 2. The number of hydrogen-bond donors (Lipinski definition) is 1. The molecule has 32 heavy (non-hydrogen) atoms. The van der Waals surface area contributed by atoms with E-state index >= 15 is 0 Å². The molecule has 0 aliphatic carbocycles. The van der Waals surface area contributed by atoms with Crippen molar-refractivity contribution in [3.05, 3.63) is 106 Å². The fourth-order valence-corrected chi connectivity index (χ4v) is 4.27. The Hall–Kier alpha value is -2.92. The van der Waals surface area contributed by atoms with E-state index in [9.17, 15) is 9.59 Å². The molecule has 0 fully saturated rings. The van der Waals surface area contributed by atoms with Crippen LogP contribution in [0.3, 0.4) is 0 Å². The minimum atomic E-state index is -0.575. The van der Waals surface area contributed by atoms with Crippen LogP contribution in [0, 0.1) is 0 Å². The maximum atomic E-state index is 13.7. The number of carbonyl (C=O) groups excluding carboxylic acids is 2. The lowest BCUT2D eigenvalue weighted by Gasteiger charge is -2.30. The van der Waals surface area contributed by atoms with Crippen LogP contribution in [0.5, 0.6) is 0 Å². The molecular formula is C27H29BrN2O2. The van der Waals surface area contributed by atoms with Crippen molar-refractivity contribution in [2.24, 2.45) is 0 Å². The van der Waals surface area contributed by atoms with Crippen LogP contribution < -0.4 is 5.32 Å². The molecule has 0 saturated carbocycles. The molecule has 3 aromatic carbocycles. The summed E-state index contributed by atoms with van der Waals surface area (Å²) < 4.78 is 0.944. The van der Waals surface area contributed by atoms with Gasteiger partial charge in [0.15, 0.2) is 0 Å². The third-order valence-electron chi connectivity index (χ3n) is 5.54. The summed E-state index contributed by atoms with van der Waals surface area (Å²) in [6, 6.07) is 27.4. The van der Waals surface area contributed by atoms with Crippen molar-refractivity contribution in [1.82, 2.24) is 10.2 Å². The summed E-state index contributed by atoms with van der Waals surface area (Å²) in [6.45, 7) is 4.57. The van der Waals surface area contributed by atoms with Gasteiger partial charge in [0.1, 0.15) is 6.04 Å². The van der Waals surface area contributed by atoms with E-state index in [0.717, 1.165) is 21.2 Å². The molecular weight excluding hydrogens is 464 g/mol. The van der Waals surface area contributed by atoms with Crippen LogP contribution in [-0.2, 0) is 16.1 Å². The Kier molecular flexibility index (Phi) is 8.63. The largest absolute Gasteiger partial charge is 0.355 e. The first-order valence-electron chi connectivity index (χ1n) is 10.9. The van der Waals surface area contributed by atoms with Crippen molar-refractivity contribution in [2.75, 3.05) is 6.54 Å². The fraction of sp³-hybridized carbons (Fsp3) is 0.259. The van der Waals surface area contributed by atoms with E-state index < -0.39 is 6.04 Å². The molecule has 3 rings (SSSR count). The molecule has 0 saturated heterocycles. The van der Waals surface area contributed by atoms with Crippen LogP contribution in [0.15, 0.2) is 89.4 Å². The van der Waals surface area contributed by atoms with Gasteiger partial charge in [-0.25, -0.2) is 0 Å². The van der Waals surface area contributed by atoms with Crippen molar-refractivity contribution < 1.29 is 9.59 Å².